The number of benzene rings is 3. The van der Waals surface area contributed by atoms with Crippen LogP contribution in [0.15, 0.2) is 84.4 Å². The van der Waals surface area contributed by atoms with Crippen LogP contribution in [-0.2, 0) is 4.79 Å². The van der Waals surface area contributed by atoms with Crippen LogP contribution in [0.25, 0.3) is 6.08 Å². The molecule has 3 aromatic rings. The molecule has 6 heteroatoms. The molecule has 0 unspecified atom stereocenters. The molecule has 3 rings (SSSR count). The number of nitrogens with one attached hydrogen (secondary N) is 1. The molecule has 0 aliphatic heterocycles. The van der Waals surface area contributed by atoms with E-state index in [2.05, 4.69) is 5.32 Å². The molecule has 0 aliphatic carbocycles. The van der Waals surface area contributed by atoms with Crippen LogP contribution in [0.3, 0.4) is 0 Å². The molecule has 0 fully saturated rings. The number of anilines is 1. The number of amides is 1. The molecule has 3 aromatic carbocycles. The zero-order valence-electron chi connectivity index (χ0n) is 15.7. The van der Waals surface area contributed by atoms with E-state index in [1.165, 1.54) is 6.08 Å². The molecule has 0 spiro atoms. The normalized spacial score (nSPS) is 10.4. The van der Waals surface area contributed by atoms with Crippen LogP contribution in [0.2, 0.25) is 0 Å². The highest BCUT2D eigenvalue weighted by atomic mass is 16.5. The fraction of sp³-hybridized carbons (Fsp3) is 0. The highest BCUT2D eigenvalue weighted by Gasteiger charge is 2.11. The van der Waals surface area contributed by atoms with E-state index in [9.17, 15) is 14.9 Å². The Morgan fingerprint density at radius 1 is 0.867 bits per heavy atom. The Labute approximate surface area is 173 Å². The Bertz CT molecular complexity index is 1170. The minimum Gasteiger partial charge on any atom is -0.423 e. The molecule has 0 saturated heterocycles. The van der Waals surface area contributed by atoms with Gasteiger partial charge in [-0.15, -0.1) is 0 Å². The van der Waals surface area contributed by atoms with Crippen LogP contribution in [0.5, 0.6) is 5.75 Å². The molecule has 1 N–H and O–H groups in total. The Hall–Kier alpha value is -4.68. The third kappa shape index (κ3) is 5.19. The standard InChI is InChI=1S/C24H15N3O3/c25-15-18-6-10-21(11-7-18)27-23(28)20(16-26)14-17-8-12-22(13-9-17)30-24(29)19-4-2-1-3-5-19/h1-14H,(H,27,28). The molecule has 0 aromatic heterocycles. The summed E-state index contributed by atoms with van der Waals surface area (Å²) in [6, 6.07) is 25.2. The molecule has 0 bridgehead atoms. The van der Waals surface area contributed by atoms with Crippen molar-refractivity contribution in [2.75, 3.05) is 5.32 Å². The molecule has 0 saturated carbocycles. The van der Waals surface area contributed by atoms with E-state index in [4.69, 9.17) is 10.00 Å². The Morgan fingerprint density at radius 2 is 1.53 bits per heavy atom. The summed E-state index contributed by atoms with van der Waals surface area (Å²) in [7, 11) is 0. The van der Waals surface area contributed by atoms with E-state index in [1.807, 2.05) is 18.2 Å². The second-order valence-corrected chi connectivity index (χ2v) is 6.14. The predicted molar refractivity (Wildman–Crippen MR) is 111 cm³/mol. The first-order chi connectivity index (χ1) is 14.6. The second kappa shape index (κ2) is 9.50. The first-order valence-corrected chi connectivity index (χ1v) is 8.89. The van der Waals surface area contributed by atoms with E-state index in [0.717, 1.165) is 0 Å². The number of hydrogen-bond acceptors (Lipinski definition) is 5. The third-order valence-electron chi connectivity index (χ3n) is 4.05. The lowest BCUT2D eigenvalue weighted by Crippen LogP contribution is -2.13. The van der Waals surface area contributed by atoms with Gasteiger partial charge in [-0.25, -0.2) is 4.79 Å². The Morgan fingerprint density at radius 3 is 2.13 bits per heavy atom. The smallest absolute Gasteiger partial charge is 0.343 e. The summed E-state index contributed by atoms with van der Waals surface area (Å²) in [6.45, 7) is 0. The number of carbonyl (C=O) groups excluding carboxylic acids is 2. The van der Waals surface area contributed by atoms with E-state index in [1.54, 1.807) is 72.8 Å². The average Bonchev–Trinajstić information content (AvgIpc) is 2.79. The van der Waals surface area contributed by atoms with Gasteiger partial charge in [0.25, 0.3) is 5.91 Å². The van der Waals surface area contributed by atoms with Gasteiger partial charge in [0.2, 0.25) is 0 Å². The van der Waals surface area contributed by atoms with E-state index >= 15 is 0 Å². The van der Waals surface area contributed by atoms with Gasteiger partial charge in [-0.3, -0.25) is 4.79 Å². The molecular weight excluding hydrogens is 378 g/mol. The van der Waals surface area contributed by atoms with Gasteiger partial charge in [-0.2, -0.15) is 10.5 Å². The fourth-order valence-electron chi connectivity index (χ4n) is 2.51. The van der Waals surface area contributed by atoms with E-state index in [-0.39, 0.29) is 5.57 Å². The van der Waals surface area contributed by atoms with Gasteiger partial charge in [0.15, 0.2) is 0 Å². The second-order valence-electron chi connectivity index (χ2n) is 6.14. The number of rotatable bonds is 5. The van der Waals surface area contributed by atoms with Crippen molar-refractivity contribution >= 4 is 23.6 Å². The highest BCUT2D eigenvalue weighted by molar-refractivity contribution is 6.09. The molecule has 144 valence electrons. The van der Waals surface area contributed by atoms with Gasteiger partial charge in [0.1, 0.15) is 17.4 Å². The molecule has 6 nitrogen and oxygen atoms in total. The van der Waals surface area contributed by atoms with Gasteiger partial charge >= 0.3 is 5.97 Å². The van der Waals surface area contributed by atoms with Crippen molar-refractivity contribution in [2.45, 2.75) is 0 Å². The Kier molecular flexibility index (Phi) is 6.35. The minimum atomic E-state index is -0.568. The molecule has 0 atom stereocenters. The minimum absolute atomic E-state index is 0.0895. The van der Waals surface area contributed by atoms with E-state index in [0.29, 0.717) is 28.1 Å². The lowest BCUT2D eigenvalue weighted by molar-refractivity contribution is -0.112. The van der Waals surface area contributed by atoms with Crippen molar-refractivity contribution in [1.29, 1.82) is 10.5 Å². The monoisotopic (exact) mass is 393 g/mol. The maximum atomic E-state index is 12.3. The molecule has 0 radical (unpaired) electrons. The van der Waals surface area contributed by atoms with Crippen molar-refractivity contribution in [1.82, 2.24) is 0 Å². The summed E-state index contributed by atoms with van der Waals surface area (Å²) >= 11 is 0. The molecule has 1 amide bonds. The average molecular weight is 393 g/mol. The fourth-order valence-corrected chi connectivity index (χ4v) is 2.51. The van der Waals surface area contributed by atoms with Crippen molar-refractivity contribution in [3.63, 3.8) is 0 Å². The molecule has 30 heavy (non-hydrogen) atoms. The number of nitriles is 2. The summed E-state index contributed by atoms with van der Waals surface area (Å²) in [5.74, 6) is -0.693. The maximum absolute atomic E-state index is 12.3. The number of ether oxygens (including phenoxy) is 1. The molecule has 0 aliphatic rings. The summed E-state index contributed by atoms with van der Waals surface area (Å²) in [6.07, 6.45) is 1.43. The van der Waals surface area contributed by atoms with Crippen LogP contribution in [0.4, 0.5) is 5.69 Å². The van der Waals surface area contributed by atoms with Crippen LogP contribution < -0.4 is 10.1 Å². The quantitative estimate of drug-likeness (QED) is 0.301. The third-order valence-corrected chi connectivity index (χ3v) is 4.05. The summed E-state index contributed by atoms with van der Waals surface area (Å²) in [4.78, 5) is 24.4. The van der Waals surface area contributed by atoms with Crippen molar-refractivity contribution in [3.8, 4) is 17.9 Å². The molecular formula is C24H15N3O3. The number of nitrogens with zero attached hydrogens (tertiary/aromatic N) is 2. The first-order valence-electron chi connectivity index (χ1n) is 8.89. The first kappa shape index (κ1) is 20.1. The highest BCUT2D eigenvalue weighted by Crippen LogP contribution is 2.17. The summed E-state index contributed by atoms with van der Waals surface area (Å²) in [5, 5.41) is 20.7. The SMILES string of the molecule is N#CC(=Cc1ccc(OC(=O)c2ccccc2)cc1)C(=O)Nc1ccc(C#N)cc1. The number of carbonyl (C=O) groups is 2. The topological polar surface area (TPSA) is 103 Å². The van der Waals surface area contributed by atoms with Gasteiger partial charge in [-0.05, 0) is 60.2 Å². The van der Waals surface area contributed by atoms with Gasteiger partial charge in [0, 0.05) is 5.69 Å². The van der Waals surface area contributed by atoms with Crippen LogP contribution in [-0.4, -0.2) is 11.9 Å². The maximum Gasteiger partial charge on any atom is 0.343 e. The Balaban J connectivity index is 1.68. The summed E-state index contributed by atoms with van der Waals surface area (Å²) in [5.41, 5.74) is 1.89. The number of esters is 1. The van der Waals surface area contributed by atoms with Crippen molar-refractivity contribution < 1.29 is 14.3 Å². The van der Waals surface area contributed by atoms with Crippen LogP contribution in [0.1, 0.15) is 21.5 Å². The van der Waals surface area contributed by atoms with Crippen LogP contribution in [0, 0.1) is 22.7 Å². The summed E-state index contributed by atoms with van der Waals surface area (Å²) < 4.78 is 5.31. The molecule has 0 heterocycles. The van der Waals surface area contributed by atoms with Crippen molar-refractivity contribution in [2.24, 2.45) is 0 Å². The zero-order valence-corrected chi connectivity index (χ0v) is 15.7. The largest absolute Gasteiger partial charge is 0.423 e. The van der Waals surface area contributed by atoms with Crippen molar-refractivity contribution in [3.05, 3.63) is 101 Å². The lowest BCUT2D eigenvalue weighted by Gasteiger charge is -2.06. The number of hydrogen-bond donors (Lipinski definition) is 1. The van der Waals surface area contributed by atoms with E-state index < -0.39 is 11.9 Å². The van der Waals surface area contributed by atoms with Gasteiger partial charge < -0.3 is 10.1 Å². The predicted octanol–water partition coefficient (Wildman–Crippen LogP) is 4.32. The lowest BCUT2D eigenvalue weighted by atomic mass is 10.1. The zero-order chi connectivity index (χ0) is 21.3. The van der Waals surface area contributed by atoms with Gasteiger partial charge in [0.05, 0.1) is 17.2 Å². The van der Waals surface area contributed by atoms with Crippen LogP contribution >= 0.6 is 0 Å². The van der Waals surface area contributed by atoms with Gasteiger partial charge in [-0.1, -0.05) is 30.3 Å².